The molecule has 7 N–H and O–H groups in total. The van der Waals surface area contributed by atoms with Crippen molar-refractivity contribution in [3.05, 3.63) is 12.2 Å². The van der Waals surface area contributed by atoms with E-state index in [9.17, 15) is 48.8 Å². The van der Waals surface area contributed by atoms with Gasteiger partial charge < -0.3 is 44.6 Å². The molecular weight excluding hydrogens is 838 g/mol. The summed E-state index contributed by atoms with van der Waals surface area (Å²) in [4.78, 5) is 65.7. The van der Waals surface area contributed by atoms with Crippen LogP contribution in [0.25, 0.3) is 0 Å². The number of esters is 2. The van der Waals surface area contributed by atoms with E-state index in [4.69, 9.17) is 23.8 Å². The summed E-state index contributed by atoms with van der Waals surface area (Å²) in [5, 5.41) is 41.0. The summed E-state index contributed by atoms with van der Waals surface area (Å²) >= 11 is 0. The summed E-state index contributed by atoms with van der Waals surface area (Å²) in [5.74, 6) is -1.68. The predicted molar refractivity (Wildman–Crippen MR) is 228 cm³/mol. The Morgan fingerprint density at radius 3 is 1.84 bits per heavy atom. The number of carbonyl (C=O) groups excluding carboxylic acids is 3. The van der Waals surface area contributed by atoms with E-state index in [2.05, 4.69) is 29.8 Å². The molecule has 0 heterocycles. The van der Waals surface area contributed by atoms with Crippen molar-refractivity contribution in [2.75, 3.05) is 26.4 Å². The molecule has 61 heavy (non-hydrogen) atoms. The molecule has 1 rings (SSSR count). The van der Waals surface area contributed by atoms with Gasteiger partial charge in [0.05, 0.1) is 38.1 Å². The van der Waals surface area contributed by atoms with Crippen molar-refractivity contribution in [3.8, 4) is 0 Å². The number of aliphatic hydroxyl groups is 4. The zero-order valence-corrected chi connectivity index (χ0v) is 38.6. The highest BCUT2D eigenvalue weighted by Gasteiger charge is 2.41. The second-order valence-corrected chi connectivity index (χ2v) is 19.5. The lowest BCUT2D eigenvalue weighted by atomic mass is 9.87. The van der Waals surface area contributed by atoms with Crippen molar-refractivity contribution in [3.63, 3.8) is 0 Å². The second-order valence-electron chi connectivity index (χ2n) is 16.8. The monoisotopic (exact) mass is 916 g/mol. The molecule has 0 bridgehead atoms. The molecule has 358 valence electrons. The van der Waals surface area contributed by atoms with E-state index in [1.54, 1.807) is 12.2 Å². The first-order chi connectivity index (χ1) is 28.8. The third kappa shape index (κ3) is 31.0. The molecule has 0 radical (unpaired) electrons. The molecule has 17 nitrogen and oxygen atoms in total. The number of phosphoric acid groups is 2. The standard InChI is InChI=1S/C42H78O17P2/c1-4-5-14-20-33(43)24-25-37-38(40(47)27-39(37)46)26-34(44)21-17-18-22-41(48)55-30-36(31-58-61(53,54)57-29-35(45)28-56-60(50,51)52)59-42(49)23-16-13-11-9-7-6-8-10-12-15-19-32(2)3/h24-25,32-33,35-40,43,45-47H,4-23,26-31H2,1-3H3,(H,53,54)(H2,50,51,52)/b25-24+/t33-,35-,36+,37+,38+,39+,40-/m0/s1. The Kier molecular flexibility index (Phi) is 31.0. The van der Waals surface area contributed by atoms with Crippen LogP contribution in [0, 0.1) is 17.8 Å². The quantitative estimate of drug-likeness (QED) is 0.0146. The van der Waals surface area contributed by atoms with Gasteiger partial charge in [-0.25, -0.2) is 9.13 Å². The lowest BCUT2D eigenvalue weighted by molar-refractivity contribution is -0.161. The highest BCUT2D eigenvalue weighted by molar-refractivity contribution is 7.47. The van der Waals surface area contributed by atoms with E-state index in [0.29, 0.717) is 19.3 Å². The van der Waals surface area contributed by atoms with Crippen LogP contribution < -0.4 is 0 Å². The molecule has 0 saturated heterocycles. The van der Waals surface area contributed by atoms with Crippen LogP contribution in [0.3, 0.4) is 0 Å². The van der Waals surface area contributed by atoms with Crippen molar-refractivity contribution < 1.29 is 81.7 Å². The number of hydrogen-bond donors (Lipinski definition) is 7. The van der Waals surface area contributed by atoms with Crippen molar-refractivity contribution in [2.24, 2.45) is 17.8 Å². The normalized spacial score (nSPS) is 20.8. The highest BCUT2D eigenvalue weighted by Crippen LogP contribution is 2.44. The van der Waals surface area contributed by atoms with E-state index in [-0.39, 0.29) is 44.3 Å². The van der Waals surface area contributed by atoms with Gasteiger partial charge in [0, 0.05) is 43.9 Å². The highest BCUT2D eigenvalue weighted by atomic mass is 31.2. The molecule has 1 unspecified atom stereocenters. The summed E-state index contributed by atoms with van der Waals surface area (Å²) in [6.45, 7) is 3.51. The van der Waals surface area contributed by atoms with E-state index in [1.165, 1.54) is 38.5 Å². The third-order valence-electron chi connectivity index (χ3n) is 10.6. The third-order valence-corrected chi connectivity index (χ3v) is 12.0. The second kappa shape index (κ2) is 33.0. The molecule has 1 saturated carbocycles. The van der Waals surface area contributed by atoms with E-state index in [0.717, 1.165) is 50.9 Å². The van der Waals surface area contributed by atoms with Crippen LogP contribution in [-0.4, -0.2) is 110 Å². The minimum absolute atomic E-state index is 0.0357. The van der Waals surface area contributed by atoms with Crippen LogP contribution in [0.1, 0.15) is 162 Å². The molecule has 1 aliphatic carbocycles. The van der Waals surface area contributed by atoms with Gasteiger partial charge in [0.1, 0.15) is 18.5 Å². The van der Waals surface area contributed by atoms with Gasteiger partial charge in [-0.3, -0.25) is 28.0 Å². The number of Topliss-reactive ketones (excluding diaryl/α,β-unsaturated/α-hetero) is 1. The predicted octanol–water partition coefficient (Wildman–Crippen LogP) is 6.76. The maximum Gasteiger partial charge on any atom is 0.472 e. The largest absolute Gasteiger partial charge is 0.472 e. The molecule has 0 aliphatic heterocycles. The number of phosphoric ester groups is 2. The van der Waals surface area contributed by atoms with Gasteiger partial charge in [0.25, 0.3) is 0 Å². The lowest BCUT2D eigenvalue weighted by Gasteiger charge is -2.21. The SMILES string of the molecule is CCCCC[C@H](O)/C=C/[C@@H]1[C@@H](CC(=O)CCCCC(=O)OC[C@H](COP(=O)(O)OC[C@@H](O)COP(=O)(O)O)OC(=O)CCCCCCCCCCCCC(C)C)[C@@H](O)C[C@H]1O. The number of ether oxygens (including phenoxy) is 2. The Balaban J connectivity index is 2.58. The molecule has 0 aromatic heterocycles. The number of ketones is 1. The summed E-state index contributed by atoms with van der Waals surface area (Å²) in [6, 6.07) is 0. The number of carbonyl (C=O) groups is 3. The Bertz CT molecular complexity index is 1320. The van der Waals surface area contributed by atoms with Gasteiger partial charge in [0.15, 0.2) is 6.10 Å². The van der Waals surface area contributed by atoms with Crippen LogP contribution in [0.15, 0.2) is 12.2 Å². The lowest BCUT2D eigenvalue weighted by Crippen LogP contribution is -2.30. The maximum absolute atomic E-state index is 12.8. The molecule has 1 fully saturated rings. The first-order valence-corrected chi connectivity index (χ1v) is 25.4. The average Bonchev–Trinajstić information content (AvgIpc) is 3.45. The van der Waals surface area contributed by atoms with Crippen LogP contribution >= 0.6 is 15.6 Å². The van der Waals surface area contributed by atoms with Gasteiger partial charge >= 0.3 is 27.6 Å². The minimum Gasteiger partial charge on any atom is -0.462 e. The van der Waals surface area contributed by atoms with Gasteiger partial charge in [-0.05, 0) is 31.6 Å². The fourth-order valence-corrected chi connectivity index (χ4v) is 8.21. The average molecular weight is 917 g/mol. The van der Waals surface area contributed by atoms with Crippen LogP contribution in [-0.2, 0) is 46.6 Å². The fraction of sp³-hybridized carbons (Fsp3) is 0.881. The topological polar surface area (TPSA) is 273 Å². The van der Waals surface area contributed by atoms with Crippen LogP contribution in [0.5, 0.6) is 0 Å². The number of hydrogen-bond acceptors (Lipinski definition) is 14. The molecule has 0 aromatic rings. The summed E-state index contributed by atoms with van der Waals surface area (Å²) in [7, 11) is -9.80. The van der Waals surface area contributed by atoms with Crippen molar-refractivity contribution in [1.82, 2.24) is 0 Å². The Hall–Kier alpha value is -1.59. The smallest absolute Gasteiger partial charge is 0.462 e. The van der Waals surface area contributed by atoms with Crippen molar-refractivity contribution in [1.29, 1.82) is 0 Å². The van der Waals surface area contributed by atoms with E-state index >= 15 is 0 Å². The summed E-state index contributed by atoms with van der Waals surface area (Å²) in [6.07, 6.45) is 14.3. The summed E-state index contributed by atoms with van der Waals surface area (Å²) in [5.41, 5.74) is 0. The first kappa shape index (κ1) is 57.4. The van der Waals surface area contributed by atoms with E-state index < -0.39 is 96.4 Å². The van der Waals surface area contributed by atoms with Crippen molar-refractivity contribution >= 4 is 33.4 Å². The van der Waals surface area contributed by atoms with E-state index in [1.807, 2.05) is 0 Å². The number of aliphatic hydroxyl groups excluding tert-OH is 4. The van der Waals surface area contributed by atoms with Gasteiger partial charge in [-0.1, -0.05) is 116 Å². The zero-order valence-electron chi connectivity index (χ0n) is 36.8. The zero-order chi connectivity index (χ0) is 45.7. The molecular formula is C42H78O17P2. The van der Waals surface area contributed by atoms with Crippen molar-refractivity contribution in [2.45, 2.75) is 193 Å². The van der Waals surface area contributed by atoms with Gasteiger partial charge in [-0.15, -0.1) is 0 Å². The molecule has 19 heteroatoms. The molecule has 0 amide bonds. The first-order valence-electron chi connectivity index (χ1n) is 22.4. The molecule has 1 aliphatic rings. The number of rotatable bonds is 38. The Morgan fingerprint density at radius 1 is 0.672 bits per heavy atom. The molecule has 0 aromatic carbocycles. The Labute approximate surface area is 363 Å². The maximum atomic E-state index is 12.8. The summed E-state index contributed by atoms with van der Waals surface area (Å²) < 4.78 is 47.7. The number of unbranched alkanes of at least 4 members (excludes halogenated alkanes) is 12. The molecule has 0 spiro atoms. The van der Waals surface area contributed by atoms with Crippen LogP contribution in [0.2, 0.25) is 0 Å². The Morgan fingerprint density at radius 2 is 1.21 bits per heavy atom. The minimum atomic E-state index is -4.91. The fourth-order valence-electron chi connectivity index (χ4n) is 7.06. The molecule has 8 atom stereocenters. The van der Waals surface area contributed by atoms with Gasteiger partial charge in [0.2, 0.25) is 0 Å². The van der Waals surface area contributed by atoms with Crippen LogP contribution in [0.4, 0.5) is 0 Å². The van der Waals surface area contributed by atoms with Gasteiger partial charge in [-0.2, -0.15) is 0 Å².